The molecule has 0 spiro atoms. The molecule has 1 aromatic rings. The predicted octanol–water partition coefficient (Wildman–Crippen LogP) is 2.98. The Bertz CT molecular complexity index is 296. The lowest BCUT2D eigenvalue weighted by Crippen LogP contribution is -1.66. The summed E-state index contributed by atoms with van der Waals surface area (Å²) in [7, 11) is 0. The molecule has 1 nitrogen and oxygen atoms in total. The minimum atomic E-state index is 0.729. The van der Waals surface area contributed by atoms with Gasteiger partial charge in [0.25, 0.3) is 5.55 Å². The molecule has 0 amide bonds. The lowest BCUT2D eigenvalue weighted by molar-refractivity contribution is 1.41. The lowest BCUT2D eigenvalue weighted by atomic mass is 10.3. The van der Waals surface area contributed by atoms with Crippen LogP contribution in [0.3, 0.4) is 0 Å². The minimum absolute atomic E-state index is 0.729. The number of thioether (sulfide) groups is 1. The van der Waals surface area contributed by atoms with Crippen molar-refractivity contribution in [2.45, 2.75) is 4.90 Å². The first-order valence-corrected chi connectivity index (χ1v) is 3.98. The fourth-order valence-corrected chi connectivity index (χ4v) is 1.54. The molecule has 10 heavy (non-hydrogen) atoms. The van der Waals surface area contributed by atoms with Crippen LogP contribution in [0.15, 0.2) is 28.1 Å². The van der Waals surface area contributed by atoms with Crippen LogP contribution in [-0.4, -0.2) is 5.55 Å². The SMILES string of the molecule is Clc1ccc2c(c1)N=[C+]S2. The van der Waals surface area contributed by atoms with Crippen LogP contribution in [0.4, 0.5) is 5.69 Å². The molecule has 0 N–H and O–H groups in total. The van der Waals surface area contributed by atoms with Gasteiger partial charge in [-0.3, -0.25) is 0 Å². The van der Waals surface area contributed by atoms with Crippen molar-refractivity contribution < 1.29 is 0 Å². The summed E-state index contributed by atoms with van der Waals surface area (Å²) in [5.41, 5.74) is 3.73. The number of hydrogen-bond donors (Lipinski definition) is 0. The second-order valence-electron chi connectivity index (χ2n) is 1.92. The topological polar surface area (TPSA) is 12.4 Å². The maximum Gasteiger partial charge on any atom is 0.272 e. The molecule has 0 saturated heterocycles. The van der Waals surface area contributed by atoms with Crippen molar-refractivity contribution in [3.8, 4) is 0 Å². The molecule has 0 radical (unpaired) electrons. The number of nitrogens with zero attached hydrogens (tertiary/aromatic N) is 1. The van der Waals surface area contributed by atoms with E-state index in [1.165, 1.54) is 11.8 Å². The summed E-state index contributed by atoms with van der Waals surface area (Å²) in [4.78, 5) is 5.12. The number of aliphatic imine (C=N–C) groups is 1. The van der Waals surface area contributed by atoms with Gasteiger partial charge in [-0.1, -0.05) is 11.6 Å². The Morgan fingerprint density at radius 3 is 3.30 bits per heavy atom. The van der Waals surface area contributed by atoms with Crippen molar-refractivity contribution in [2.24, 2.45) is 4.99 Å². The van der Waals surface area contributed by atoms with Crippen molar-refractivity contribution in [3.05, 3.63) is 23.2 Å². The van der Waals surface area contributed by atoms with Crippen molar-refractivity contribution >= 4 is 34.6 Å². The van der Waals surface area contributed by atoms with Gasteiger partial charge in [-0.25, -0.2) is 0 Å². The summed E-state index contributed by atoms with van der Waals surface area (Å²) in [6, 6.07) is 5.64. The van der Waals surface area contributed by atoms with Crippen molar-refractivity contribution in [1.82, 2.24) is 0 Å². The zero-order chi connectivity index (χ0) is 6.97. The average Bonchev–Trinajstić information content (AvgIpc) is 2.33. The number of hydrogen-bond acceptors (Lipinski definition) is 2. The molecule has 1 heterocycles. The second-order valence-corrected chi connectivity index (χ2v) is 3.18. The van der Waals surface area contributed by atoms with E-state index in [0.717, 1.165) is 15.6 Å². The number of benzene rings is 1. The molecule has 3 heteroatoms. The Labute approximate surface area is 68.1 Å². The highest BCUT2D eigenvalue weighted by Crippen LogP contribution is 2.35. The molecule has 1 aliphatic rings. The zero-order valence-electron chi connectivity index (χ0n) is 4.97. The third-order valence-electron chi connectivity index (χ3n) is 1.24. The number of fused-ring (bicyclic) bond motifs is 1. The Kier molecular flexibility index (Phi) is 1.38. The van der Waals surface area contributed by atoms with Crippen LogP contribution in [0.2, 0.25) is 5.02 Å². The lowest BCUT2D eigenvalue weighted by Gasteiger charge is -1.85. The van der Waals surface area contributed by atoms with E-state index < -0.39 is 0 Å². The highest BCUT2D eigenvalue weighted by molar-refractivity contribution is 8.12. The summed E-state index contributed by atoms with van der Waals surface area (Å²) in [5.74, 6) is 0. The average molecular weight is 169 g/mol. The van der Waals surface area contributed by atoms with Crippen LogP contribution < -0.4 is 0 Å². The monoisotopic (exact) mass is 168 g/mol. The zero-order valence-corrected chi connectivity index (χ0v) is 6.54. The third kappa shape index (κ3) is 0.907. The van der Waals surface area contributed by atoms with Gasteiger partial charge >= 0.3 is 0 Å². The Balaban J connectivity index is 2.60. The van der Waals surface area contributed by atoms with Gasteiger partial charge in [0.2, 0.25) is 5.69 Å². The first kappa shape index (κ1) is 6.17. The van der Waals surface area contributed by atoms with Crippen LogP contribution in [0.5, 0.6) is 0 Å². The fourth-order valence-electron chi connectivity index (χ4n) is 0.785. The summed E-state index contributed by atoms with van der Waals surface area (Å²) in [6.45, 7) is 0. The van der Waals surface area contributed by atoms with Crippen LogP contribution in [-0.2, 0) is 0 Å². The molecule has 48 valence electrons. The van der Waals surface area contributed by atoms with E-state index in [0.29, 0.717) is 0 Å². The van der Waals surface area contributed by atoms with Gasteiger partial charge in [0.1, 0.15) is 11.8 Å². The largest absolute Gasteiger partial charge is 0.272 e. The predicted molar refractivity (Wildman–Crippen MR) is 44.4 cm³/mol. The Morgan fingerprint density at radius 2 is 2.40 bits per heavy atom. The van der Waals surface area contributed by atoms with E-state index in [-0.39, 0.29) is 0 Å². The van der Waals surface area contributed by atoms with Crippen LogP contribution in [0, 0.1) is 0 Å². The molecule has 0 aromatic heterocycles. The number of halogens is 1. The number of rotatable bonds is 0. The smallest absolute Gasteiger partial charge is 0.0823 e. The normalized spacial score (nSPS) is 12.9. The van der Waals surface area contributed by atoms with Gasteiger partial charge in [0, 0.05) is 4.99 Å². The van der Waals surface area contributed by atoms with Crippen molar-refractivity contribution in [3.63, 3.8) is 0 Å². The first-order valence-electron chi connectivity index (χ1n) is 2.78. The molecule has 0 fully saturated rings. The Hall–Kier alpha value is -0.560. The van der Waals surface area contributed by atoms with Gasteiger partial charge in [0.15, 0.2) is 4.90 Å². The standard InChI is InChI=1S/C7H3ClNS/c8-5-1-2-7-6(3-5)9-4-10-7/h1-3H/q+1. The molecular formula is C7H3ClNS+. The van der Waals surface area contributed by atoms with Gasteiger partial charge in [-0.05, 0) is 12.1 Å². The maximum atomic E-state index is 5.73. The molecule has 2 rings (SSSR count). The summed E-state index contributed by atoms with van der Waals surface area (Å²) in [6.07, 6.45) is 0. The van der Waals surface area contributed by atoms with Gasteiger partial charge < -0.3 is 0 Å². The van der Waals surface area contributed by atoms with E-state index in [1.54, 1.807) is 0 Å². The molecular weight excluding hydrogens is 166 g/mol. The summed E-state index contributed by atoms with van der Waals surface area (Å²) in [5, 5.41) is 0.729. The van der Waals surface area contributed by atoms with Crippen molar-refractivity contribution in [2.75, 3.05) is 0 Å². The minimum Gasteiger partial charge on any atom is -0.0823 e. The van der Waals surface area contributed by atoms with Crippen molar-refractivity contribution in [1.29, 1.82) is 0 Å². The quantitative estimate of drug-likeness (QED) is 0.543. The van der Waals surface area contributed by atoms with E-state index in [1.807, 2.05) is 18.2 Å². The van der Waals surface area contributed by atoms with E-state index in [4.69, 9.17) is 11.6 Å². The van der Waals surface area contributed by atoms with E-state index in [9.17, 15) is 0 Å². The van der Waals surface area contributed by atoms with E-state index in [2.05, 4.69) is 10.5 Å². The highest BCUT2D eigenvalue weighted by atomic mass is 35.5. The van der Waals surface area contributed by atoms with E-state index >= 15 is 0 Å². The molecule has 0 unspecified atom stereocenters. The first-order chi connectivity index (χ1) is 4.86. The fraction of sp³-hybridized carbons (Fsp3) is 0. The second kappa shape index (κ2) is 2.24. The third-order valence-corrected chi connectivity index (χ3v) is 2.23. The molecule has 0 bridgehead atoms. The van der Waals surface area contributed by atoms with Crippen LogP contribution >= 0.6 is 23.4 Å². The van der Waals surface area contributed by atoms with Gasteiger partial charge in [-0.2, -0.15) is 0 Å². The molecule has 0 atom stereocenters. The molecule has 0 aliphatic carbocycles. The van der Waals surface area contributed by atoms with Gasteiger partial charge in [-0.15, -0.1) is 0 Å². The highest BCUT2D eigenvalue weighted by Gasteiger charge is 2.19. The molecule has 1 aliphatic heterocycles. The summed E-state index contributed by atoms with van der Waals surface area (Å²) < 4.78 is 0. The van der Waals surface area contributed by atoms with Crippen LogP contribution in [0.1, 0.15) is 0 Å². The van der Waals surface area contributed by atoms with Gasteiger partial charge in [0.05, 0.1) is 11.1 Å². The Morgan fingerprint density at radius 1 is 1.50 bits per heavy atom. The molecule has 1 aromatic carbocycles. The maximum absolute atomic E-state index is 5.73. The summed E-state index contributed by atoms with van der Waals surface area (Å²) >= 11 is 7.23. The molecule has 0 saturated carbocycles. The van der Waals surface area contributed by atoms with Crippen LogP contribution in [0.25, 0.3) is 0 Å².